The molecule has 1 aromatic heterocycles. The van der Waals surface area contributed by atoms with Crippen molar-refractivity contribution >= 4 is 11.8 Å². The lowest BCUT2D eigenvalue weighted by molar-refractivity contribution is 0.0169. The van der Waals surface area contributed by atoms with Gasteiger partial charge in [-0.05, 0) is 24.5 Å². The molecular formula is C18H21N5O. The van der Waals surface area contributed by atoms with E-state index in [4.69, 9.17) is 16.2 Å². The largest absolute Gasteiger partial charge is 0.382 e. The van der Waals surface area contributed by atoms with Crippen LogP contribution in [0.15, 0.2) is 24.3 Å². The second-order valence-corrected chi connectivity index (χ2v) is 6.07. The van der Waals surface area contributed by atoms with Crippen molar-refractivity contribution in [2.45, 2.75) is 44.8 Å². The molecule has 1 aromatic carbocycles. The topological polar surface area (TPSA) is 111 Å². The van der Waals surface area contributed by atoms with Crippen molar-refractivity contribution in [2.24, 2.45) is 0 Å². The number of rotatable bonds is 4. The van der Waals surface area contributed by atoms with Crippen molar-refractivity contribution in [3.05, 3.63) is 35.4 Å². The number of nitrogen functional groups attached to an aromatic ring is 2. The van der Waals surface area contributed by atoms with E-state index in [1.165, 1.54) is 19.3 Å². The molecule has 1 aliphatic carbocycles. The van der Waals surface area contributed by atoms with Crippen LogP contribution in [0.25, 0.3) is 11.3 Å². The fourth-order valence-corrected chi connectivity index (χ4v) is 3.07. The Hall–Kier alpha value is -2.65. The summed E-state index contributed by atoms with van der Waals surface area (Å²) in [7, 11) is 0. The standard InChI is InChI=1S/C18H21N5O/c19-10-15-16(22-18(21)23-17(15)20)13-6-4-5-12(9-13)11-24-14-7-2-1-3-8-14/h4-6,9,14H,1-3,7-8,11H2,(H4,20,21,22,23). The van der Waals surface area contributed by atoms with Gasteiger partial charge in [0.15, 0.2) is 0 Å². The molecule has 0 spiro atoms. The van der Waals surface area contributed by atoms with Gasteiger partial charge in [0.05, 0.1) is 18.4 Å². The highest BCUT2D eigenvalue weighted by Gasteiger charge is 2.15. The molecule has 0 radical (unpaired) electrons. The van der Waals surface area contributed by atoms with E-state index in [-0.39, 0.29) is 17.3 Å². The van der Waals surface area contributed by atoms with Gasteiger partial charge in [-0.15, -0.1) is 0 Å². The minimum Gasteiger partial charge on any atom is -0.382 e. The molecule has 124 valence electrons. The predicted octanol–water partition coefficient (Wildman–Crippen LogP) is 3.03. The summed E-state index contributed by atoms with van der Waals surface area (Å²) in [6.45, 7) is 0.552. The third-order valence-electron chi connectivity index (χ3n) is 4.30. The Morgan fingerprint density at radius 1 is 1.17 bits per heavy atom. The molecule has 24 heavy (non-hydrogen) atoms. The zero-order chi connectivity index (χ0) is 16.9. The highest BCUT2D eigenvalue weighted by molar-refractivity contribution is 5.73. The molecule has 0 bridgehead atoms. The van der Waals surface area contributed by atoms with Gasteiger partial charge in [-0.1, -0.05) is 37.5 Å². The predicted molar refractivity (Wildman–Crippen MR) is 92.7 cm³/mol. The molecule has 6 nitrogen and oxygen atoms in total. The molecule has 1 saturated carbocycles. The second-order valence-electron chi connectivity index (χ2n) is 6.07. The zero-order valence-electron chi connectivity index (χ0n) is 13.5. The Balaban J connectivity index is 1.82. The Labute approximate surface area is 141 Å². The summed E-state index contributed by atoms with van der Waals surface area (Å²) >= 11 is 0. The Kier molecular flexibility index (Phi) is 4.92. The number of benzene rings is 1. The number of nitrogens with zero attached hydrogens (tertiary/aromatic N) is 3. The molecule has 0 atom stereocenters. The number of anilines is 2. The van der Waals surface area contributed by atoms with E-state index in [0.29, 0.717) is 18.4 Å². The van der Waals surface area contributed by atoms with Crippen LogP contribution < -0.4 is 11.5 Å². The third-order valence-corrected chi connectivity index (χ3v) is 4.30. The van der Waals surface area contributed by atoms with Gasteiger partial charge < -0.3 is 16.2 Å². The normalized spacial score (nSPS) is 15.1. The van der Waals surface area contributed by atoms with Gasteiger partial charge in [0.25, 0.3) is 0 Å². The Bertz CT molecular complexity index is 762. The van der Waals surface area contributed by atoms with Crippen LogP contribution >= 0.6 is 0 Å². The smallest absolute Gasteiger partial charge is 0.222 e. The first kappa shape index (κ1) is 16.2. The fourth-order valence-electron chi connectivity index (χ4n) is 3.07. The summed E-state index contributed by atoms with van der Waals surface area (Å²) in [6.07, 6.45) is 6.42. The van der Waals surface area contributed by atoms with Crippen LogP contribution in [0.1, 0.15) is 43.2 Å². The molecule has 3 rings (SSSR count). The zero-order valence-corrected chi connectivity index (χ0v) is 13.5. The molecule has 1 aliphatic rings. The molecule has 1 fully saturated rings. The quantitative estimate of drug-likeness (QED) is 0.894. The summed E-state index contributed by atoms with van der Waals surface area (Å²) in [5.74, 6) is 0.161. The summed E-state index contributed by atoms with van der Waals surface area (Å²) < 4.78 is 6.02. The highest BCUT2D eigenvalue weighted by atomic mass is 16.5. The average Bonchev–Trinajstić information content (AvgIpc) is 2.60. The van der Waals surface area contributed by atoms with Crippen LogP contribution in [0.4, 0.5) is 11.8 Å². The van der Waals surface area contributed by atoms with E-state index >= 15 is 0 Å². The summed E-state index contributed by atoms with van der Waals surface area (Å²) in [6, 6.07) is 9.83. The molecule has 4 N–H and O–H groups in total. The molecule has 0 unspecified atom stereocenters. The van der Waals surface area contributed by atoms with E-state index in [1.807, 2.05) is 24.3 Å². The average molecular weight is 323 g/mol. The molecule has 1 heterocycles. The van der Waals surface area contributed by atoms with Crippen molar-refractivity contribution in [3.63, 3.8) is 0 Å². The van der Waals surface area contributed by atoms with Crippen LogP contribution in [0.5, 0.6) is 0 Å². The van der Waals surface area contributed by atoms with Crippen LogP contribution in [0.3, 0.4) is 0 Å². The maximum atomic E-state index is 9.32. The van der Waals surface area contributed by atoms with Crippen molar-refractivity contribution in [1.82, 2.24) is 9.97 Å². The third kappa shape index (κ3) is 3.63. The lowest BCUT2D eigenvalue weighted by Gasteiger charge is -2.22. The SMILES string of the molecule is N#Cc1c(N)nc(N)nc1-c1cccc(COC2CCCCC2)c1. The minimum atomic E-state index is 0.0605. The maximum absolute atomic E-state index is 9.32. The number of nitrogens with two attached hydrogens (primary N) is 2. The molecular weight excluding hydrogens is 302 g/mol. The van der Waals surface area contributed by atoms with Gasteiger partial charge in [-0.25, -0.2) is 4.98 Å². The highest BCUT2D eigenvalue weighted by Crippen LogP contribution is 2.27. The lowest BCUT2D eigenvalue weighted by Crippen LogP contribution is -2.16. The van der Waals surface area contributed by atoms with E-state index in [9.17, 15) is 5.26 Å². The Morgan fingerprint density at radius 3 is 2.71 bits per heavy atom. The fraction of sp³-hybridized carbons (Fsp3) is 0.389. The summed E-state index contributed by atoms with van der Waals surface area (Å²) in [5, 5.41) is 9.32. The maximum Gasteiger partial charge on any atom is 0.222 e. The molecule has 2 aromatic rings. The minimum absolute atomic E-state index is 0.0605. The molecule has 0 amide bonds. The number of hydrogen-bond donors (Lipinski definition) is 2. The van der Waals surface area contributed by atoms with Crippen molar-refractivity contribution in [1.29, 1.82) is 5.26 Å². The van der Waals surface area contributed by atoms with Crippen molar-refractivity contribution in [2.75, 3.05) is 11.5 Å². The number of nitriles is 1. The van der Waals surface area contributed by atoms with Crippen LogP contribution in [-0.2, 0) is 11.3 Å². The van der Waals surface area contributed by atoms with E-state index in [1.54, 1.807) is 0 Å². The second kappa shape index (κ2) is 7.28. The van der Waals surface area contributed by atoms with Crippen LogP contribution in [0, 0.1) is 11.3 Å². The van der Waals surface area contributed by atoms with E-state index in [2.05, 4.69) is 16.0 Å². The lowest BCUT2D eigenvalue weighted by atomic mass is 9.98. The Morgan fingerprint density at radius 2 is 1.96 bits per heavy atom. The van der Waals surface area contributed by atoms with Gasteiger partial charge in [0.2, 0.25) is 5.95 Å². The van der Waals surface area contributed by atoms with Crippen molar-refractivity contribution < 1.29 is 4.74 Å². The molecule has 0 aliphatic heterocycles. The van der Waals surface area contributed by atoms with Crippen LogP contribution in [0.2, 0.25) is 0 Å². The van der Waals surface area contributed by atoms with Crippen LogP contribution in [-0.4, -0.2) is 16.1 Å². The van der Waals surface area contributed by atoms with Gasteiger partial charge >= 0.3 is 0 Å². The monoisotopic (exact) mass is 323 g/mol. The first-order valence-corrected chi connectivity index (χ1v) is 8.21. The number of ether oxygens (including phenoxy) is 1. The van der Waals surface area contributed by atoms with Gasteiger partial charge in [0.1, 0.15) is 17.5 Å². The van der Waals surface area contributed by atoms with Gasteiger partial charge in [-0.2, -0.15) is 10.2 Å². The summed E-state index contributed by atoms with van der Waals surface area (Å²) in [4.78, 5) is 8.04. The number of aromatic nitrogens is 2. The molecule has 0 saturated heterocycles. The summed E-state index contributed by atoms with van der Waals surface area (Å²) in [5.41, 5.74) is 14.0. The van der Waals surface area contributed by atoms with Gasteiger partial charge in [0, 0.05) is 5.56 Å². The van der Waals surface area contributed by atoms with Gasteiger partial charge in [-0.3, -0.25) is 0 Å². The van der Waals surface area contributed by atoms with Crippen molar-refractivity contribution in [3.8, 4) is 17.3 Å². The first-order valence-electron chi connectivity index (χ1n) is 8.21. The molecule has 6 heteroatoms. The first-order chi connectivity index (χ1) is 11.7. The van der Waals surface area contributed by atoms with E-state index in [0.717, 1.165) is 24.0 Å². The van der Waals surface area contributed by atoms with E-state index < -0.39 is 0 Å². The number of hydrogen-bond acceptors (Lipinski definition) is 6.